The second-order valence-electron chi connectivity index (χ2n) is 4.58. The number of rotatable bonds is 2. The van der Waals surface area contributed by atoms with E-state index >= 15 is 0 Å². The predicted molar refractivity (Wildman–Crippen MR) is 72.3 cm³/mol. The second-order valence-corrected chi connectivity index (χ2v) is 5.37. The van der Waals surface area contributed by atoms with E-state index in [0.29, 0.717) is 16.3 Å². The third-order valence-electron chi connectivity index (χ3n) is 3.24. The number of aromatic nitrogens is 2. The molecule has 0 bridgehead atoms. The highest BCUT2D eigenvalue weighted by atomic mass is 79.9. The van der Waals surface area contributed by atoms with Gasteiger partial charge >= 0.3 is 0 Å². The van der Waals surface area contributed by atoms with Crippen LogP contribution in [0.2, 0.25) is 0 Å². The van der Waals surface area contributed by atoms with Gasteiger partial charge in [0.15, 0.2) is 0 Å². The Kier molecular flexibility index (Phi) is 4.59. The molecule has 0 aromatic carbocycles. The molecule has 1 heterocycles. The highest BCUT2D eigenvalue weighted by Gasteiger charge is 2.14. The summed E-state index contributed by atoms with van der Waals surface area (Å²) < 4.78 is 0.502. The predicted octanol–water partition coefficient (Wildman–Crippen LogP) is 3.06. The van der Waals surface area contributed by atoms with Crippen LogP contribution in [0.4, 0.5) is 5.82 Å². The van der Waals surface area contributed by atoms with Gasteiger partial charge in [-0.25, -0.2) is 4.98 Å². The molecule has 0 unspecified atom stereocenters. The Labute approximate surface area is 109 Å². The van der Waals surface area contributed by atoms with Gasteiger partial charge in [-0.15, -0.1) is 0 Å². The van der Waals surface area contributed by atoms with Gasteiger partial charge in [-0.1, -0.05) is 32.1 Å². The van der Waals surface area contributed by atoms with E-state index in [9.17, 15) is 4.79 Å². The number of anilines is 1. The van der Waals surface area contributed by atoms with Crippen LogP contribution in [-0.2, 0) is 0 Å². The zero-order valence-corrected chi connectivity index (χ0v) is 11.4. The third kappa shape index (κ3) is 3.56. The van der Waals surface area contributed by atoms with Crippen molar-refractivity contribution in [1.82, 2.24) is 9.97 Å². The number of nitrogens with zero attached hydrogens (tertiary/aromatic N) is 1. The Hall–Kier alpha value is -0.840. The first-order chi connectivity index (χ1) is 8.27. The van der Waals surface area contributed by atoms with E-state index in [1.54, 1.807) is 0 Å². The Bertz CT molecular complexity index is 410. The van der Waals surface area contributed by atoms with Crippen molar-refractivity contribution < 1.29 is 0 Å². The van der Waals surface area contributed by atoms with Crippen LogP contribution in [0.25, 0.3) is 0 Å². The minimum atomic E-state index is -0.131. The van der Waals surface area contributed by atoms with Gasteiger partial charge in [0, 0.05) is 6.04 Å². The topological polar surface area (TPSA) is 57.8 Å². The van der Waals surface area contributed by atoms with E-state index in [1.807, 2.05) is 0 Å². The van der Waals surface area contributed by atoms with Crippen molar-refractivity contribution in [2.24, 2.45) is 0 Å². The maximum absolute atomic E-state index is 11.4. The molecule has 94 valence electrons. The van der Waals surface area contributed by atoms with Crippen LogP contribution < -0.4 is 10.9 Å². The lowest BCUT2D eigenvalue weighted by atomic mass is 9.97. The Morgan fingerprint density at radius 1 is 1.24 bits per heavy atom. The largest absolute Gasteiger partial charge is 0.366 e. The fraction of sp³-hybridized carbons (Fsp3) is 0.667. The molecular weight excluding hydrogens is 282 g/mol. The first-order valence-corrected chi connectivity index (χ1v) is 7.06. The molecule has 1 aromatic heterocycles. The van der Waals surface area contributed by atoms with E-state index in [0.717, 1.165) is 0 Å². The van der Waals surface area contributed by atoms with Crippen LogP contribution in [0.5, 0.6) is 0 Å². The molecule has 0 atom stereocenters. The van der Waals surface area contributed by atoms with E-state index in [2.05, 4.69) is 31.2 Å². The van der Waals surface area contributed by atoms with Crippen molar-refractivity contribution in [2.75, 3.05) is 5.32 Å². The van der Waals surface area contributed by atoms with Crippen molar-refractivity contribution in [3.8, 4) is 0 Å². The molecule has 4 nitrogen and oxygen atoms in total. The molecule has 2 N–H and O–H groups in total. The highest BCUT2D eigenvalue weighted by molar-refractivity contribution is 9.10. The molecule has 0 saturated heterocycles. The van der Waals surface area contributed by atoms with Crippen molar-refractivity contribution >= 4 is 21.7 Å². The molecule has 1 saturated carbocycles. The lowest BCUT2D eigenvalue weighted by Crippen LogP contribution is -2.23. The first kappa shape index (κ1) is 12.6. The maximum Gasteiger partial charge on any atom is 0.267 e. The molecule has 1 fully saturated rings. The summed E-state index contributed by atoms with van der Waals surface area (Å²) in [6.45, 7) is 0. The van der Waals surface area contributed by atoms with Gasteiger partial charge < -0.3 is 10.3 Å². The number of halogens is 1. The molecule has 0 spiro atoms. The van der Waals surface area contributed by atoms with E-state index < -0.39 is 0 Å². The molecule has 2 rings (SSSR count). The molecule has 1 aliphatic rings. The van der Waals surface area contributed by atoms with Gasteiger partial charge in [0.1, 0.15) is 10.3 Å². The molecule has 17 heavy (non-hydrogen) atoms. The molecule has 0 aliphatic heterocycles. The normalized spacial score (nSPS) is 18.4. The summed E-state index contributed by atoms with van der Waals surface area (Å²) in [4.78, 5) is 18.1. The third-order valence-corrected chi connectivity index (χ3v) is 3.98. The number of aromatic amines is 1. The van der Waals surface area contributed by atoms with Crippen molar-refractivity contribution in [2.45, 2.75) is 51.0 Å². The molecule has 1 aliphatic carbocycles. The Morgan fingerprint density at radius 2 is 1.88 bits per heavy atom. The van der Waals surface area contributed by atoms with Gasteiger partial charge in [-0.3, -0.25) is 4.79 Å². The van der Waals surface area contributed by atoms with Gasteiger partial charge in [0.05, 0.1) is 6.33 Å². The lowest BCUT2D eigenvalue weighted by molar-refractivity contribution is 0.470. The SMILES string of the molecule is O=c1[nH]cnc(NC2CCCCCCC2)c1Br. The Balaban J connectivity index is 2.03. The summed E-state index contributed by atoms with van der Waals surface area (Å²) in [5.74, 6) is 0.666. The van der Waals surface area contributed by atoms with Crippen LogP contribution >= 0.6 is 15.9 Å². The number of H-pyrrole nitrogens is 1. The zero-order chi connectivity index (χ0) is 12.1. The van der Waals surface area contributed by atoms with Gasteiger partial charge in [-0.2, -0.15) is 0 Å². The van der Waals surface area contributed by atoms with E-state index in [1.165, 1.54) is 51.3 Å². The second kappa shape index (κ2) is 6.19. The van der Waals surface area contributed by atoms with Crippen molar-refractivity contribution in [3.63, 3.8) is 0 Å². The van der Waals surface area contributed by atoms with Crippen LogP contribution in [0, 0.1) is 0 Å². The first-order valence-electron chi connectivity index (χ1n) is 6.27. The number of hydrogen-bond donors (Lipinski definition) is 2. The summed E-state index contributed by atoms with van der Waals surface area (Å²) in [5.41, 5.74) is -0.131. The highest BCUT2D eigenvalue weighted by Crippen LogP contribution is 2.22. The summed E-state index contributed by atoms with van der Waals surface area (Å²) in [6.07, 6.45) is 10.3. The standard InChI is InChI=1S/C12H18BrN3O/c13-10-11(14-8-15-12(10)17)16-9-6-4-2-1-3-5-7-9/h8-9H,1-7H2,(H2,14,15,16,17). The Morgan fingerprint density at radius 3 is 2.59 bits per heavy atom. The quantitative estimate of drug-likeness (QED) is 0.882. The molecular formula is C12H18BrN3O. The fourth-order valence-corrected chi connectivity index (χ4v) is 2.61. The molecule has 0 amide bonds. The van der Waals surface area contributed by atoms with E-state index in [-0.39, 0.29) is 5.56 Å². The van der Waals surface area contributed by atoms with Crippen molar-refractivity contribution in [3.05, 3.63) is 21.2 Å². The van der Waals surface area contributed by atoms with Crippen LogP contribution in [0.15, 0.2) is 15.6 Å². The molecule has 0 radical (unpaired) electrons. The van der Waals surface area contributed by atoms with Gasteiger partial charge in [0.25, 0.3) is 5.56 Å². The summed E-state index contributed by atoms with van der Waals surface area (Å²) in [7, 11) is 0. The minimum Gasteiger partial charge on any atom is -0.366 e. The summed E-state index contributed by atoms with van der Waals surface area (Å²) >= 11 is 3.27. The van der Waals surface area contributed by atoms with Crippen LogP contribution in [0.1, 0.15) is 44.9 Å². The lowest BCUT2D eigenvalue weighted by Gasteiger charge is -2.21. The van der Waals surface area contributed by atoms with Crippen LogP contribution in [0.3, 0.4) is 0 Å². The average molecular weight is 300 g/mol. The van der Waals surface area contributed by atoms with Gasteiger partial charge in [-0.05, 0) is 28.8 Å². The number of nitrogens with one attached hydrogen (secondary N) is 2. The number of hydrogen-bond acceptors (Lipinski definition) is 3. The fourth-order valence-electron chi connectivity index (χ4n) is 2.28. The minimum absolute atomic E-state index is 0.131. The zero-order valence-electron chi connectivity index (χ0n) is 9.84. The smallest absolute Gasteiger partial charge is 0.267 e. The molecule has 1 aromatic rings. The summed E-state index contributed by atoms with van der Waals surface area (Å²) in [5, 5.41) is 3.38. The van der Waals surface area contributed by atoms with Gasteiger partial charge in [0.2, 0.25) is 0 Å². The maximum atomic E-state index is 11.4. The van der Waals surface area contributed by atoms with Crippen LogP contribution in [-0.4, -0.2) is 16.0 Å². The summed E-state index contributed by atoms with van der Waals surface area (Å²) in [6, 6.07) is 0.445. The van der Waals surface area contributed by atoms with Crippen molar-refractivity contribution in [1.29, 1.82) is 0 Å². The average Bonchev–Trinajstić information content (AvgIpc) is 2.28. The van der Waals surface area contributed by atoms with E-state index in [4.69, 9.17) is 0 Å². The monoisotopic (exact) mass is 299 g/mol. The molecule has 5 heteroatoms.